The lowest BCUT2D eigenvalue weighted by molar-refractivity contribution is -0.117. The zero-order valence-corrected chi connectivity index (χ0v) is 13.6. The molecule has 21 heavy (non-hydrogen) atoms. The molecular weight excluding hydrogens is 290 g/mol. The number of sulfonamides is 1. The highest BCUT2D eigenvalue weighted by molar-refractivity contribution is 7.89. The van der Waals surface area contributed by atoms with E-state index in [1.54, 1.807) is 13.8 Å². The third-order valence-corrected chi connectivity index (χ3v) is 4.18. The second-order valence-electron chi connectivity index (χ2n) is 5.68. The molecule has 0 unspecified atom stereocenters. The number of carbonyl (C=O) groups excluding carboxylic acids is 1. The molecule has 1 aromatic carbocycles. The van der Waals surface area contributed by atoms with Crippen molar-refractivity contribution in [1.29, 1.82) is 0 Å². The minimum absolute atomic E-state index is 0.0293. The van der Waals surface area contributed by atoms with Crippen LogP contribution < -0.4 is 16.2 Å². The second-order valence-corrected chi connectivity index (χ2v) is 7.24. The Hall–Kier alpha value is -1.44. The molecule has 0 radical (unpaired) electrons. The summed E-state index contributed by atoms with van der Waals surface area (Å²) < 4.78 is 22.9. The van der Waals surface area contributed by atoms with Gasteiger partial charge in [-0.1, -0.05) is 13.8 Å². The van der Waals surface area contributed by atoms with Crippen molar-refractivity contribution in [3.63, 3.8) is 0 Å². The van der Waals surface area contributed by atoms with Crippen LogP contribution in [0.25, 0.3) is 0 Å². The molecule has 6 nitrogen and oxygen atoms in total. The number of amides is 1. The van der Waals surface area contributed by atoms with Crippen LogP contribution in [-0.2, 0) is 14.8 Å². The van der Waals surface area contributed by atoms with Gasteiger partial charge in [-0.2, -0.15) is 0 Å². The molecule has 118 valence electrons. The highest BCUT2D eigenvalue weighted by atomic mass is 32.2. The van der Waals surface area contributed by atoms with Crippen LogP contribution >= 0.6 is 0 Å². The van der Waals surface area contributed by atoms with E-state index in [2.05, 4.69) is 5.32 Å². The second kappa shape index (κ2) is 6.55. The van der Waals surface area contributed by atoms with E-state index in [0.29, 0.717) is 18.0 Å². The Morgan fingerprint density at radius 2 is 1.86 bits per heavy atom. The lowest BCUT2D eigenvalue weighted by atomic mass is 10.0. The number of hydrogen-bond acceptors (Lipinski definition) is 4. The molecular formula is C14H23N3O3S. The van der Waals surface area contributed by atoms with Gasteiger partial charge in [0.05, 0.1) is 10.9 Å². The molecule has 0 aliphatic heterocycles. The number of anilines is 1. The SMILES string of the molecule is Cc1cc(S(N)(=O)=O)cc(NC(=O)[C@H](N)CC(C)C)c1C. The number of aryl methyl sites for hydroxylation is 1. The summed E-state index contributed by atoms with van der Waals surface area (Å²) in [5.74, 6) is -0.0397. The minimum atomic E-state index is -3.82. The van der Waals surface area contributed by atoms with Crippen LogP contribution in [0.15, 0.2) is 17.0 Å². The first kappa shape index (κ1) is 17.6. The molecule has 0 saturated heterocycles. The topological polar surface area (TPSA) is 115 Å². The quantitative estimate of drug-likeness (QED) is 0.759. The number of rotatable bonds is 5. The van der Waals surface area contributed by atoms with E-state index >= 15 is 0 Å². The number of benzene rings is 1. The summed E-state index contributed by atoms with van der Waals surface area (Å²) in [5, 5.41) is 7.82. The predicted octanol–water partition coefficient (Wildman–Crippen LogP) is 1.26. The van der Waals surface area contributed by atoms with Gasteiger partial charge in [0.15, 0.2) is 0 Å². The van der Waals surface area contributed by atoms with Gasteiger partial charge in [-0.15, -0.1) is 0 Å². The lowest BCUT2D eigenvalue weighted by Crippen LogP contribution is -2.36. The van der Waals surface area contributed by atoms with E-state index in [-0.39, 0.29) is 10.8 Å². The summed E-state index contributed by atoms with van der Waals surface area (Å²) in [5.41, 5.74) is 7.76. The Morgan fingerprint density at radius 3 is 2.33 bits per heavy atom. The van der Waals surface area contributed by atoms with Gasteiger partial charge in [0.1, 0.15) is 0 Å². The number of nitrogens with two attached hydrogens (primary N) is 2. The highest BCUT2D eigenvalue weighted by Gasteiger charge is 2.18. The highest BCUT2D eigenvalue weighted by Crippen LogP contribution is 2.23. The summed E-state index contributed by atoms with van der Waals surface area (Å²) in [6, 6.07) is 2.20. The maximum absolute atomic E-state index is 12.1. The summed E-state index contributed by atoms with van der Waals surface area (Å²) in [4.78, 5) is 12.0. The van der Waals surface area contributed by atoms with Gasteiger partial charge in [0.2, 0.25) is 15.9 Å². The maximum atomic E-state index is 12.1. The molecule has 1 atom stereocenters. The fourth-order valence-corrected chi connectivity index (χ4v) is 2.58. The average Bonchev–Trinajstić information content (AvgIpc) is 2.32. The van der Waals surface area contributed by atoms with E-state index < -0.39 is 16.1 Å². The van der Waals surface area contributed by atoms with Crippen molar-refractivity contribution in [3.8, 4) is 0 Å². The van der Waals surface area contributed by atoms with Gasteiger partial charge < -0.3 is 11.1 Å². The molecule has 0 aromatic heterocycles. The first-order chi connectivity index (χ1) is 9.52. The maximum Gasteiger partial charge on any atom is 0.241 e. The van der Waals surface area contributed by atoms with Crippen molar-refractivity contribution < 1.29 is 13.2 Å². The molecule has 0 fully saturated rings. The largest absolute Gasteiger partial charge is 0.324 e. The molecule has 0 heterocycles. The third-order valence-electron chi connectivity index (χ3n) is 3.29. The minimum Gasteiger partial charge on any atom is -0.324 e. The lowest BCUT2D eigenvalue weighted by Gasteiger charge is -2.17. The van der Waals surface area contributed by atoms with Crippen LogP contribution in [0.1, 0.15) is 31.4 Å². The standard InChI is InChI=1S/C14H23N3O3S/c1-8(2)5-12(15)14(18)17-13-7-11(21(16,19)20)6-9(3)10(13)4/h6-8,12H,5,15H2,1-4H3,(H,17,18)(H2,16,19,20)/t12-/m1/s1. The van der Waals surface area contributed by atoms with E-state index in [4.69, 9.17) is 10.9 Å². The predicted molar refractivity (Wildman–Crippen MR) is 83.3 cm³/mol. The molecule has 1 amide bonds. The Balaban J connectivity index is 3.08. The van der Waals surface area contributed by atoms with Gasteiger partial charge in [-0.25, -0.2) is 13.6 Å². The summed E-state index contributed by atoms with van der Waals surface area (Å²) in [6.45, 7) is 7.51. The van der Waals surface area contributed by atoms with Crippen LogP contribution in [-0.4, -0.2) is 20.4 Å². The van der Waals surface area contributed by atoms with Crippen molar-refractivity contribution in [3.05, 3.63) is 23.3 Å². The van der Waals surface area contributed by atoms with Crippen LogP contribution in [0.5, 0.6) is 0 Å². The van der Waals surface area contributed by atoms with E-state index in [1.807, 2.05) is 13.8 Å². The van der Waals surface area contributed by atoms with Crippen molar-refractivity contribution in [2.75, 3.05) is 5.32 Å². The van der Waals surface area contributed by atoms with Gasteiger partial charge in [0.25, 0.3) is 0 Å². The fraction of sp³-hybridized carbons (Fsp3) is 0.500. The first-order valence-corrected chi connectivity index (χ1v) is 8.27. The molecule has 1 rings (SSSR count). The van der Waals surface area contributed by atoms with Gasteiger partial charge >= 0.3 is 0 Å². The normalized spacial score (nSPS) is 13.3. The van der Waals surface area contributed by atoms with E-state index in [0.717, 1.165) is 11.1 Å². The Labute approximate surface area is 126 Å². The number of primary sulfonamides is 1. The molecule has 0 bridgehead atoms. The molecule has 0 saturated carbocycles. The fourth-order valence-electron chi connectivity index (χ4n) is 1.96. The Morgan fingerprint density at radius 1 is 1.29 bits per heavy atom. The van der Waals surface area contributed by atoms with Gasteiger partial charge in [-0.3, -0.25) is 4.79 Å². The number of nitrogens with one attached hydrogen (secondary N) is 1. The molecule has 5 N–H and O–H groups in total. The Kier molecular flexibility index (Phi) is 5.49. The van der Waals surface area contributed by atoms with Crippen LogP contribution in [0, 0.1) is 19.8 Å². The van der Waals surface area contributed by atoms with Gasteiger partial charge in [0, 0.05) is 5.69 Å². The Bertz CT molecular complexity index is 639. The molecule has 0 spiro atoms. The van der Waals surface area contributed by atoms with Crippen molar-refractivity contribution in [2.24, 2.45) is 16.8 Å². The zero-order chi connectivity index (χ0) is 16.4. The first-order valence-electron chi connectivity index (χ1n) is 6.73. The summed E-state index contributed by atoms with van der Waals surface area (Å²) in [7, 11) is -3.82. The third kappa shape index (κ3) is 4.80. The molecule has 0 aliphatic rings. The van der Waals surface area contributed by atoms with Crippen LogP contribution in [0.2, 0.25) is 0 Å². The van der Waals surface area contributed by atoms with E-state index in [1.165, 1.54) is 12.1 Å². The van der Waals surface area contributed by atoms with Crippen molar-refractivity contribution in [1.82, 2.24) is 0 Å². The molecule has 0 aliphatic carbocycles. The molecule has 7 heteroatoms. The number of carbonyl (C=O) groups is 1. The van der Waals surface area contributed by atoms with Crippen LogP contribution in [0.3, 0.4) is 0 Å². The summed E-state index contributed by atoms with van der Waals surface area (Å²) >= 11 is 0. The number of hydrogen-bond donors (Lipinski definition) is 3. The average molecular weight is 313 g/mol. The zero-order valence-electron chi connectivity index (χ0n) is 12.8. The van der Waals surface area contributed by atoms with Gasteiger partial charge in [-0.05, 0) is 49.4 Å². The monoisotopic (exact) mass is 313 g/mol. The summed E-state index contributed by atoms with van der Waals surface area (Å²) in [6.07, 6.45) is 0.554. The smallest absolute Gasteiger partial charge is 0.241 e. The van der Waals surface area contributed by atoms with E-state index in [9.17, 15) is 13.2 Å². The van der Waals surface area contributed by atoms with Crippen molar-refractivity contribution in [2.45, 2.75) is 45.1 Å². The molecule has 1 aromatic rings. The van der Waals surface area contributed by atoms with Crippen LogP contribution in [0.4, 0.5) is 5.69 Å². The van der Waals surface area contributed by atoms with Crippen molar-refractivity contribution >= 4 is 21.6 Å².